The Morgan fingerprint density at radius 1 is 1.07 bits per heavy atom. The van der Waals surface area contributed by atoms with E-state index in [0.29, 0.717) is 36.4 Å². The Labute approximate surface area is 180 Å². The first-order chi connectivity index (χ1) is 12.5. The van der Waals surface area contributed by atoms with Crippen LogP contribution in [0.25, 0.3) is 0 Å². The molecule has 2 aliphatic rings. The maximum atomic E-state index is 12.7. The molecule has 1 aromatic carbocycles. The minimum absolute atomic E-state index is 0. The minimum Gasteiger partial charge on any atom is -0.370 e. The summed E-state index contributed by atoms with van der Waals surface area (Å²) in [6.07, 6.45) is 4.01. The molecule has 0 radical (unpaired) electrons. The summed E-state index contributed by atoms with van der Waals surface area (Å²) in [5.41, 5.74) is 6.15. The number of nitrogens with two attached hydrogens (primary N) is 1. The first-order valence-corrected chi connectivity index (χ1v) is 11.0. The van der Waals surface area contributed by atoms with E-state index >= 15 is 0 Å². The summed E-state index contributed by atoms with van der Waals surface area (Å²) >= 11 is 0. The van der Waals surface area contributed by atoms with Gasteiger partial charge in [-0.15, -0.1) is 24.0 Å². The predicted molar refractivity (Wildman–Crippen MR) is 120 cm³/mol. The van der Waals surface area contributed by atoms with E-state index in [1.54, 1.807) is 28.6 Å². The molecule has 8 heteroatoms. The highest BCUT2D eigenvalue weighted by Crippen LogP contribution is 2.24. The van der Waals surface area contributed by atoms with E-state index in [4.69, 9.17) is 5.73 Å². The van der Waals surface area contributed by atoms with E-state index < -0.39 is 10.0 Å². The first-order valence-electron chi connectivity index (χ1n) is 9.57. The zero-order valence-corrected chi connectivity index (χ0v) is 19.1. The molecule has 6 nitrogen and oxygen atoms in total. The van der Waals surface area contributed by atoms with Gasteiger partial charge in [0.25, 0.3) is 0 Å². The maximum Gasteiger partial charge on any atom is 0.243 e. The van der Waals surface area contributed by atoms with Gasteiger partial charge in [-0.05, 0) is 49.7 Å². The Morgan fingerprint density at radius 3 is 2.26 bits per heavy atom. The smallest absolute Gasteiger partial charge is 0.243 e. The van der Waals surface area contributed by atoms with Crippen LogP contribution in [0, 0.1) is 11.8 Å². The van der Waals surface area contributed by atoms with Gasteiger partial charge in [0, 0.05) is 32.7 Å². The van der Waals surface area contributed by atoms with E-state index in [1.807, 2.05) is 6.07 Å². The molecule has 0 amide bonds. The van der Waals surface area contributed by atoms with Crippen LogP contribution in [0.1, 0.15) is 32.6 Å². The lowest BCUT2D eigenvalue weighted by Gasteiger charge is -2.32. The van der Waals surface area contributed by atoms with Crippen LogP contribution in [-0.2, 0) is 10.0 Å². The van der Waals surface area contributed by atoms with Crippen molar-refractivity contribution in [2.24, 2.45) is 22.6 Å². The largest absolute Gasteiger partial charge is 0.370 e. The molecule has 2 saturated heterocycles. The van der Waals surface area contributed by atoms with E-state index in [9.17, 15) is 8.42 Å². The average Bonchev–Trinajstić information content (AvgIpc) is 2.67. The SMILES string of the molecule is CC1CCN(C(N)=NCC2CCN(S(=O)(=O)c3ccccc3)CC2)CC1.I. The van der Waals surface area contributed by atoms with Gasteiger partial charge in [0.05, 0.1) is 4.90 Å². The summed E-state index contributed by atoms with van der Waals surface area (Å²) in [7, 11) is -3.37. The number of piperidine rings is 2. The Bertz CT molecular complexity index is 710. The molecular weight excluding hydrogens is 475 g/mol. The molecule has 0 atom stereocenters. The van der Waals surface area contributed by atoms with Crippen LogP contribution in [0.3, 0.4) is 0 Å². The Morgan fingerprint density at radius 2 is 1.67 bits per heavy atom. The predicted octanol–water partition coefficient (Wildman–Crippen LogP) is 2.75. The fourth-order valence-corrected chi connectivity index (χ4v) is 5.12. The second-order valence-electron chi connectivity index (χ2n) is 7.53. The molecule has 2 N–H and O–H groups in total. The van der Waals surface area contributed by atoms with Crippen molar-refractivity contribution >= 4 is 40.0 Å². The highest BCUT2D eigenvalue weighted by Gasteiger charge is 2.29. The molecule has 0 aliphatic carbocycles. The second-order valence-corrected chi connectivity index (χ2v) is 9.47. The lowest BCUT2D eigenvalue weighted by atomic mass is 9.98. The number of aliphatic imine (C=N–C) groups is 1. The lowest BCUT2D eigenvalue weighted by Crippen LogP contribution is -2.43. The van der Waals surface area contributed by atoms with Gasteiger partial charge in [0.15, 0.2) is 5.96 Å². The monoisotopic (exact) mass is 506 g/mol. The molecule has 0 saturated carbocycles. The summed E-state index contributed by atoms with van der Waals surface area (Å²) in [5, 5.41) is 0. The highest BCUT2D eigenvalue weighted by atomic mass is 127. The van der Waals surface area contributed by atoms with Gasteiger partial charge < -0.3 is 10.6 Å². The number of benzene rings is 1. The fraction of sp³-hybridized carbons (Fsp3) is 0.632. The van der Waals surface area contributed by atoms with Crippen molar-refractivity contribution in [1.82, 2.24) is 9.21 Å². The van der Waals surface area contributed by atoms with Crippen molar-refractivity contribution in [1.29, 1.82) is 0 Å². The van der Waals surface area contributed by atoms with E-state index in [2.05, 4.69) is 16.8 Å². The van der Waals surface area contributed by atoms with Crippen LogP contribution in [0.4, 0.5) is 0 Å². The third-order valence-electron chi connectivity index (χ3n) is 5.57. The van der Waals surface area contributed by atoms with Crippen molar-refractivity contribution in [2.75, 3.05) is 32.7 Å². The summed E-state index contributed by atoms with van der Waals surface area (Å²) < 4.78 is 26.9. The first kappa shape index (κ1) is 22.4. The van der Waals surface area contributed by atoms with Crippen molar-refractivity contribution in [3.63, 3.8) is 0 Å². The molecule has 0 unspecified atom stereocenters. The van der Waals surface area contributed by atoms with Gasteiger partial charge in [0.2, 0.25) is 10.0 Å². The molecule has 0 spiro atoms. The molecule has 1 aromatic rings. The van der Waals surface area contributed by atoms with Gasteiger partial charge in [-0.1, -0.05) is 25.1 Å². The van der Waals surface area contributed by atoms with Crippen LogP contribution in [0.5, 0.6) is 0 Å². The molecule has 0 bridgehead atoms. The standard InChI is InChI=1S/C19H30N4O2S.HI/c1-16-7-11-22(12-8-16)19(20)21-15-17-9-13-23(14-10-17)26(24,25)18-5-3-2-4-6-18;/h2-6,16-17H,7-15H2,1H3,(H2,20,21);1H. The number of nitrogens with zero attached hydrogens (tertiary/aromatic N) is 3. The molecule has 0 aromatic heterocycles. The topological polar surface area (TPSA) is 79.0 Å². The van der Waals surface area contributed by atoms with Gasteiger partial charge in [-0.25, -0.2) is 8.42 Å². The van der Waals surface area contributed by atoms with Crippen LogP contribution in [-0.4, -0.2) is 56.3 Å². The normalized spacial score (nSPS) is 21.1. The zero-order chi connectivity index (χ0) is 18.6. The van der Waals surface area contributed by atoms with Crippen molar-refractivity contribution in [2.45, 2.75) is 37.5 Å². The van der Waals surface area contributed by atoms with E-state index in [1.165, 1.54) is 12.8 Å². The highest BCUT2D eigenvalue weighted by molar-refractivity contribution is 14.0. The van der Waals surface area contributed by atoms with Crippen molar-refractivity contribution in [3.05, 3.63) is 30.3 Å². The number of likely N-dealkylation sites (tertiary alicyclic amines) is 1. The number of sulfonamides is 1. The number of hydrogen-bond acceptors (Lipinski definition) is 3. The lowest BCUT2D eigenvalue weighted by molar-refractivity contribution is 0.269. The molecule has 2 aliphatic heterocycles. The number of hydrogen-bond donors (Lipinski definition) is 1. The van der Waals surface area contributed by atoms with Gasteiger partial charge in [-0.3, -0.25) is 4.99 Å². The van der Waals surface area contributed by atoms with Crippen LogP contribution < -0.4 is 5.73 Å². The third kappa shape index (κ3) is 5.80. The number of halogens is 1. The Kier molecular flexibility index (Phi) is 8.36. The number of guanidine groups is 1. The molecule has 27 heavy (non-hydrogen) atoms. The molecule has 2 fully saturated rings. The van der Waals surface area contributed by atoms with Crippen LogP contribution in [0.15, 0.2) is 40.2 Å². The second kappa shape index (κ2) is 10.1. The molecular formula is C19H31IN4O2S. The molecule has 3 rings (SSSR count). The van der Waals surface area contributed by atoms with Crippen LogP contribution in [0.2, 0.25) is 0 Å². The van der Waals surface area contributed by atoms with Crippen molar-refractivity contribution in [3.8, 4) is 0 Å². The van der Waals surface area contributed by atoms with Gasteiger partial charge in [0.1, 0.15) is 0 Å². The molecule has 2 heterocycles. The summed E-state index contributed by atoms with van der Waals surface area (Å²) in [6, 6.07) is 8.67. The van der Waals surface area contributed by atoms with E-state index in [0.717, 1.165) is 31.8 Å². The average molecular weight is 506 g/mol. The molecule has 152 valence electrons. The quantitative estimate of drug-likeness (QED) is 0.387. The Hall–Kier alpha value is -0.870. The van der Waals surface area contributed by atoms with E-state index in [-0.39, 0.29) is 24.0 Å². The van der Waals surface area contributed by atoms with Crippen LogP contribution >= 0.6 is 24.0 Å². The minimum atomic E-state index is -3.37. The zero-order valence-electron chi connectivity index (χ0n) is 16.0. The number of rotatable bonds is 4. The van der Waals surface area contributed by atoms with Crippen molar-refractivity contribution < 1.29 is 8.42 Å². The maximum absolute atomic E-state index is 12.7. The Balaban J connectivity index is 0.00000261. The third-order valence-corrected chi connectivity index (χ3v) is 7.49. The summed E-state index contributed by atoms with van der Waals surface area (Å²) in [6.45, 7) is 6.06. The summed E-state index contributed by atoms with van der Waals surface area (Å²) in [5.74, 6) is 1.82. The fourth-order valence-electron chi connectivity index (χ4n) is 3.63. The van der Waals surface area contributed by atoms with Gasteiger partial charge in [-0.2, -0.15) is 4.31 Å². The summed E-state index contributed by atoms with van der Waals surface area (Å²) in [4.78, 5) is 7.14. The van der Waals surface area contributed by atoms with Gasteiger partial charge >= 0.3 is 0 Å².